The predicted molar refractivity (Wildman–Crippen MR) is 62.0 cm³/mol. The number of hydrogen-bond acceptors (Lipinski definition) is 1. The second kappa shape index (κ2) is 9.09. The van der Waals surface area contributed by atoms with Gasteiger partial charge < -0.3 is 5.11 Å². The second-order valence-electron chi connectivity index (χ2n) is 4.08. The summed E-state index contributed by atoms with van der Waals surface area (Å²) >= 11 is 0. The summed E-state index contributed by atoms with van der Waals surface area (Å²) in [5.41, 5.74) is 0. The number of aliphatic hydroxyl groups is 1. The first kappa shape index (κ1) is 13.5. The van der Waals surface area contributed by atoms with Gasteiger partial charge in [0.15, 0.2) is 0 Å². The Hall–Kier alpha value is -0.480. The summed E-state index contributed by atoms with van der Waals surface area (Å²) in [5.74, 6) is 2.58. The molecule has 2 atom stereocenters. The molecule has 0 unspecified atom stereocenters. The van der Waals surface area contributed by atoms with Gasteiger partial charge in [-0.3, -0.25) is 0 Å². The number of unbranched alkanes of at least 4 members (excludes halogenated alkanes) is 5. The van der Waals surface area contributed by atoms with Crippen molar-refractivity contribution in [3.63, 3.8) is 0 Å². The lowest BCUT2D eigenvalue weighted by molar-refractivity contribution is 0.128. The Balaban J connectivity index is 3.24. The average Bonchev–Trinajstić information content (AvgIpc) is 2.21. The van der Waals surface area contributed by atoms with Crippen molar-refractivity contribution in [2.45, 2.75) is 64.9 Å². The molecule has 0 rings (SSSR count). The minimum atomic E-state index is -0.300. The van der Waals surface area contributed by atoms with Crippen molar-refractivity contribution < 1.29 is 5.11 Å². The average molecular weight is 196 g/mol. The molecule has 0 aromatic heterocycles. The first-order valence-corrected chi connectivity index (χ1v) is 5.86. The van der Waals surface area contributed by atoms with E-state index in [9.17, 15) is 5.11 Å². The van der Waals surface area contributed by atoms with E-state index in [4.69, 9.17) is 6.42 Å². The highest BCUT2D eigenvalue weighted by Gasteiger charge is 2.10. The molecule has 0 aromatic rings. The maximum Gasteiger partial charge on any atom is 0.0674 e. The molecular formula is C13H24O. The van der Waals surface area contributed by atoms with E-state index < -0.39 is 0 Å². The summed E-state index contributed by atoms with van der Waals surface area (Å²) in [6.07, 6.45) is 13.4. The third-order valence-electron chi connectivity index (χ3n) is 2.69. The summed E-state index contributed by atoms with van der Waals surface area (Å²) in [4.78, 5) is 0. The van der Waals surface area contributed by atoms with Crippen LogP contribution in [0.15, 0.2) is 0 Å². The first-order chi connectivity index (χ1) is 6.72. The quantitative estimate of drug-likeness (QED) is 0.466. The van der Waals surface area contributed by atoms with E-state index in [-0.39, 0.29) is 12.0 Å². The lowest BCUT2D eigenvalue weighted by Crippen LogP contribution is -2.15. The normalized spacial score (nSPS) is 14.7. The standard InChI is InChI=1S/C13H24O/c1-4-6-7-8-9-10-11-13(14)12(3)5-2/h2,12-14H,4,6-11H2,1,3H3/t12-,13+/m1/s1. The van der Waals surface area contributed by atoms with Gasteiger partial charge in [-0.25, -0.2) is 0 Å². The minimum Gasteiger partial charge on any atom is -0.392 e. The molecule has 0 amide bonds. The van der Waals surface area contributed by atoms with Crippen LogP contribution in [0, 0.1) is 18.3 Å². The third kappa shape index (κ3) is 6.97. The molecule has 0 spiro atoms. The Morgan fingerprint density at radius 1 is 1.14 bits per heavy atom. The van der Waals surface area contributed by atoms with Crippen LogP contribution in [0.3, 0.4) is 0 Å². The first-order valence-electron chi connectivity index (χ1n) is 5.86. The van der Waals surface area contributed by atoms with Crippen LogP contribution in [0.1, 0.15) is 58.8 Å². The van der Waals surface area contributed by atoms with Crippen LogP contribution < -0.4 is 0 Å². The van der Waals surface area contributed by atoms with Gasteiger partial charge in [-0.1, -0.05) is 45.4 Å². The summed E-state index contributed by atoms with van der Waals surface area (Å²) in [5, 5.41) is 9.58. The molecule has 1 heteroatoms. The summed E-state index contributed by atoms with van der Waals surface area (Å²) < 4.78 is 0. The van der Waals surface area contributed by atoms with E-state index >= 15 is 0 Å². The van der Waals surface area contributed by atoms with Gasteiger partial charge in [0.1, 0.15) is 0 Å². The fourth-order valence-electron chi connectivity index (χ4n) is 1.49. The number of terminal acetylenes is 1. The summed E-state index contributed by atoms with van der Waals surface area (Å²) in [7, 11) is 0. The Morgan fingerprint density at radius 3 is 2.29 bits per heavy atom. The van der Waals surface area contributed by atoms with Crippen molar-refractivity contribution in [2.75, 3.05) is 0 Å². The highest BCUT2D eigenvalue weighted by Crippen LogP contribution is 2.12. The van der Waals surface area contributed by atoms with Crippen molar-refractivity contribution in [1.29, 1.82) is 0 Å². The van der Waals surface area contributed by atoms with Crippen LogP contribution in [0.4, 0.5) is 0 Å². The van der Waals surface area contributed by atoms with Crippen molar-refractivity contribution >= 4 is 0 Å². The summed E-state index contributed by atoms with van der Waals surface area (Å²) in [6.45, 7) is 4.13. The van der Waals surface area contributed by atoms with Gasteiger partial charge in [0, 0.05) is 5.92 Å². The second-order valence-corrected chi connectivity index (χ2v) is 4.08. The van der Waals surface area contributed by atoms with Gasteiger partial charge >= 0.3 is 0 Å². The lowest BCUT2D eigenvalue weighted by atomic mass is 9.99. The molecule has 0 aromatic carbocycles. The van der Waals surface area contributed by atoms with Gasteiger partial charge in [0.25, 0.3) is 0 Å². The molecule has 0 heterocycles. The zero-order valence-corrected chi connectivity index (χ0v) is 9.63. The Bertz CT molecular complexity index is 157. The van der Waals surface area contributed by atoms with Crippen molar-refractivity contribution in [3.05, 3.63) is 0 Å². The lowest BCUT2D eigenvalue weighted by Gasteiger charge is -2.12. The fraction of sp³-hybridized carbons (Fsp3) is 0.846. The molecular weight excluding hydrogens is 172 g/mol. The molecule has 82 valence electrons. The molecule has 0 fully saturated rings. The van der Waals surface area contributed by atoms with Gasteiger partial charge in [-0.15, -0.1) is 12.3 Å². The smallest absolute Gasteiger partial charge is 0.0674 e. The molecule has 0 saturated heterocycles. The molecule has 0 aliphatic rings. The fourth-order valence-corrected chi connectivity index (χ4v) is 1.49. The third-order valence-corrected chi connectivity index (χ3v) is 2.69. The van der Waals surface area contributed by atoms with E-state index in [1.807, 2.05) is 6.92 Å². The van der Waals surface area contributed by atoms with Crippen molar-refractivity contribution in [3.8, 4) is 12.3 Å². The van der Waals surface area contributed by atoms with E-state index in [1.54, 1.807) is 0 Å². The van der Waals surface area contributed by atoms with Crippen LogP contribution in [0.2, 0.25) is 0 Å². The Morgan fingerprint density at radius 2 is 1.71 bits per heavy atom. The number of aliphatic hydroxyl groups excluding tert-OH is 1. The molecule has 1 N–H and O–H groups in total. The highest BCUT2D eigenvalue weighted by molar-refractivity contribution is 4.93. The molecule has 0 saturated carbocycles. The molecule has 0 aliphatic carbocycles. The molecule has 0 radical (unpaired) electrons. The number of rotatable bonds is 8. The van der Waals surface area contributed by atoms with Crippen LogP contribution >= 0.6 is 0 Å². The van der Waals surface area contributed by atoms with Gasteiger partial charge in [0.05, 0.1) is 6.10 Å². The molecule has 14 heavy (non-hydrogen) atoms. The van der Waals surface area contributed by atoms with Gasteiger partial charge in [0.2, 0.25) is 0 Å². The highest BCUT2D eigenvalue weighted by atomic mass is 16.3. The molecule has 0 aliphatic heterocycles. The van der Waals surface area contributed by atoms with Crippen LogP contribution in [0.5, 0.6) is 0 Å². The van der Waals surface area contributed by atoms with E-state index in [2.05, 4.69) is 12.8 Å². The maximum atomic E-state index is 9.58. The SMILES string of the molecule is C#C[C@@H](C)[C@@H](O)CCCCCCCC. The van der Waals surface area contributed by atoms with Crippen LogP contribution in [-0.4, -0.2) is 11.2 Å². The Labute approximate surface area is 88.9 Å². The van der Waals surface area contributed by atoms with Crippen molar-refractivity contribution in [2.24, 2.45) is 5.92 Å². The largest absolute Gasteiger partial charge is 0.392 e. The number of hydrogen-bond donors (Lipinski definition) is 1. The van der Waals surface area contributed by atoms with E-state index in [1.165, 1.54) is 32.1 Å². The topological polar surface area (TPSA) is 20.2 Å². The van der Waals surface area contributed by atoms with Gasteiger partial charge in [-0.2, -0.15) is 0 Å². The van der Waals surface area contributed by atoms with Crippen molar-refractivity contribution in [1.82, 2.24) is 0 Å². The zero-order valence-electron chi connectivity index (χ0n) is 9.63. The minimum absolute atomic E-state index is 0.00522. The zero-order chi connectivity index (χ0) is 10.8. The maximum absolute atomic E-state index is 9.58. The summed E-state index contributed by atoms with van der Waals surface area (Å²) in [6, 6.07) is 0. The van der Waals surface area contributed by atoms with Crippen LogP contribution in [-0.2, 0) is 0 Å². The predicted octanol–water partition coefficient (Wildman–Crippen LogP) is 3.37. The molecule has 1 nitrogen and oxygen atoms in total. The monoisotopic (exact) mass is 196 g/mol. The Kier molecular flexibility index (Phi) is 8.78. The van der Waals surface area contributed by atoms with Crippen LogP contribution in [0.25, 0.3) is 0 Å². The van der Waals surface area contributed by atoms with E-state index in [0.717, 1.165) is 12.8 Å². The van der Waals surface area contributed by atoms with E-state index in [0.29, 0.717) is 0 Å². The molecule has 0 bridgehead atoms. The van der Waals surface area contributed by atoms with Gasteiger partial charge in [-0.05, 0) is 13.3 Å².